The third kappa shape index (κ3) is 4.62. The van der Waals surface area contributed by atoms with Crippen molar-refractivity contribution in [2.75, 3.05) is 12.5 Å². The number of carbonyl (C=O) groups excluding carboxylic acids is 2. The average molecular weight is 375 g/mol. The van der Waals surface area contributed by atoms with E-state index in [1.54, 1.807) is 0 Å². The van der Waals surface area contributed by atoms with Crippen LogP contribution in [0.2, 0.25) is 0 Å². The fourth-order valence-corrected chi connectivity index (χ4v) is 2.94. The summed E-state index contributed by atoms with van der Waals surface area (Å²) in [5.74, 6) is -2.68. The van der Waals surface area contributed by atoms with Gasteiger partial charge in [-0.3, -0.25) is 4.79 Å². The lowest BCUT2D eigenvalue weighted by molar-refractivity contribution is -0.205. The number of cyclic esters (lactones) is 1. The van der Waals surface area contributed by atoms with Gasteiger partial charge in [-0.2, -0.15) is 0 Å². The first-order chi connectivity index (χ1) is 12.6. The van der Waals surface area contributed by atoms with Gasteiger partial charge in [0, 0.05) is 12.8 Å². The summed E-state index contributed by atoms with van der Waals surface area (Å²) < 4.78 is 16.6. The predicted octanol–water partition coefficient (Wildman–Crippen LogP) is 2.89. The van der Waals surface area contributed by atoms with E-state index in [0.29, 0.717) is 6.42 Å². The van der Waals surface area contributed by atoms with Crippen LogP contribution in [0.4, 0.5) is 0 Å². The van der Waals surface area contributed by atoms with E-state index in [0.717, 1.165) is 11.1 Å². The molecule has 0 amide bonds. The first kappa shape index (κ1) is 18.4. The minimum Gasteiger partial charge on any atom is -0.458 e. The molecule has 6 heteroatoms. The van der Waals surface area contributed by atoms with Crippen LogP contribution >= 0.6 is 11.6 Å². The van der Waals surface area contributed by atoms with Crippen LogP contribution < -0.4 is 0 Å². The minimum absolute atomic E-state index is 0.204. The maximum atomic E-state index is 12.4. The van der Waals surface area contributed by atoms with E-state index in [1.807, 2.05) is 60.7 Å². The fraction of sp³-hybridized carbons (Fsp3) is 0.300. The number of hydrogen-bond donors (Lipinski definition) is 0. The molecule has 1 aliphatic rings. The molecule has 3 rings (SSSR count). The van der Waals surface area contributed by atoms with Gasteiger partial charge in [0.2, 0.25) is 0 Å². The molecule has 0 saturated carbocycles. The molecule has 0 unspecified atom stereocenters. The van der Waals surface area contributed by atoms with Gasteiger partial charge in [-0.05, 0) is 11.1 Å². The van der Waals surface area contributed by atoms with Crippen molar-refractivity contribution in [3.8, 4) is 0 Å². The van der Waals surface area contributed by atoms with Gasteiger partial charge >= 0.3 is 11.9 Å². The number of esters is 2. The van der Waals surface area contributed by atoms with Gasteiger partial charge in [0.15, 0.2) is 12.7 Å². The Balaban J connectivity index is 1.77. The first-order valence-electron chi connectivity index (χ1n) is 8.30. The molecular weight excluding hydrogens is 356 g/mol. The summed E-state index contributed by atoms with van der Waals surface area (Å²) in [6.07, 6.45) is -0.0871. The highest BCUT2D eigenvalue weighted by molar-refractivity contribution is 6.26. The lowest BCUT2D eigenvalue weighted by Crippen LogP contribution is -2.40. The summed E-state index contributed by atoms with van der Waals surface area (Å²) >= 11 is 5.48. The molecule has 0 N–H and O–H groups in total. The van der Waals surface area contributed by atoms with Crippen molar-refractivity contribution in [2.45, 2.75) is 24.7 Å². The number of alkyl halides is 1. The third-order valence-corrected chi connectivity index (χ3v) is 4.27. The van der Waals surface area contributed by atoms with E-state index in [1.165, 1.54) is 0 Å². The van der Waals surface area contributed by atoms with E-state index in [4.69, 9.17) is 25.8 Å². The second-order valence-electron chi connectivity index (χ2n) is 6.08. The Morgan fingerprint density at radius 3 is 2.27 bits per heavy atom. The van der Waals surface area contributed by atoms with Gasteiger partial charge in [0.05, 0.1) is 0 Å². The monoisotopic (exact) mass is 374 g/mol. The number of rotatable bonds is 7. The van der Waals surface area contributed by atoms with Crippen LogP contribution in [0.25, 0.3) is 0 Å². The van der Waals surface area contributed by atoms with E-state index >= 15 is 0 Å². The van der Waals surface area contributed by atoms with E-state index in [-0.39, 0.29) is 18.9 Å². The fourth-order valence-electron chi connectivity index (χ4n) is 2.86. The Morgan fingerprint density at radius 2 is 1.65 bits per heavy atom. The smallest absolute Gasteiger partial charge is 0.338 e. The molecule has 1 saturated heterocycles. The maximum absolute atomic E-state index is 12.4. The van der Waals surface area contributed by atoms with Crippen LogP contribution in [-0.4, -0.2) is 36.3 Å². The maximum Gasteiger partial charge on any atom is 0.338 e. The number of hydrogen-bond acceptors (Lipinski definition) is 5. The Kier molecular flexibility index (Phi) is 5.91. The standard InChI is InChI=1S/C20H19ClO5/c21-13-18(22)24-14-20(12-16-9-5-2-6-10-16)25-17(19(23)26-20)11-15-7-3-1-4-8-15/h1-10,17H,11-14H2/t17-,20-/m1/s1. The van der Waals surface area contributed by atoms with E-state index in [9.17, 15) is 9.59 Å². The summed E-state index contributed by atoms with van der Waals surface area (Å²) in [4.78, 5) is 23.9. The lowest BCUT2D eigenvalue weighted by atomic mass is 10.1. The van der Waals surface area contributed by atoms with Crippen molar-refractivity contribution in [3.05, 3.63) is 71.8 Å². The van der Waals surface area contributed by atoms with Gasteiger partial charge in [-0.1, -0.05) is 60.7 Å². The van der Waals surface area contributed by atoms with Gasteiger partial charge in [-0.25, -0.2) is 4.79 Å². The Bertz CT molecular complexity index is 749. The van der Waals surface area contributed by atoms with Crippen LogP contribution in [0, 0.1) is 0 Å². The molecule has 5 nitrogen and oxygen atoms in total. The van der Waals surface area contributed by atoms with Crippen LogP contribution in [-0.2, 0) is 36.6 Å². The molecule has 1 heterocycles. The molecule has 0 aromatic heterocycles. The molecule has 1 fully saturated rings. The first-order valence-corrected chi connectivity index (χ1v) is 8.84. The number of ether oxygens (including phenoxy) is 3. The molecule has 26 heavy (non-hydrogen) atoms. The number of halogens is 1. The lowest BCUT2D eigenvalue weighted by Gasteiger charge is -2.26. The topological polar surface area (TPSA) is 61.8 Å². The Hall–Kier alpha value is -2.37. The van der Waals surface area contributed by atoms with Gasteiger partial charge in [0.1, 0.15) is 5.88 Å². The van der Waals surface area contributed by atoms with Crippen molar-refractivity contribution in [1.82, 2.24) is 0 Å². The molecule has 0 spiro atoms. The highest BCUT2D eigenvalue weighted by atomic mass is 35.5. The third-order valence-electron chi connectivity index (χ3n) is 4.05. The summed E-state index contributed by atoms with van der Waals surface area (Å²) in [5, 5.41) is 0. The predicted molar refractivity (Wildman–Crippen MR) is 95.7 cm³/mol. The van der Waals surface area contributed by atoms with Crippen LogP contribution in [0.3, 0.4) is 0 Å². The highest BCUT2D eigenvalue weighted by Crippen LogP contribution is 2.31. The highest BCUT2D eigenvalue weighted by Gasteiger charge is 2.49. The molecular formula is C20H19ClO5. The van der Waals surface area contributed by atoms with Crippen LogP contribution in [0.15, 0.2) is 60.7 Å². The van der Waals surface area contributed by atoms with Crippen molar-refractivity contribution >= 4 is 23.5 Å². The summed E-state index contributed by atoms with van der Waals surface area (Å²) in [5.41, 5.74) is 1.87. The zero-order valence-electron chi connectivity index (χ0n) is 14.1. The number of carbonyl (C=O) groups is 2. The molecule has 136 valence electrons. The second-order valence-corrected chi connectivity index (χ2v) is 6.35. The van der Waals surface area contributed by atoms with Crippen molar-refractivity contribution in [3.63, 3.8) is 0 Å². The molecule has 0 radical (unpaired) electrons. The van der Waals surface area contributed by atoms with E-state index in [2.05, 4.69) is 0 Å². The second kappa shape index (κ2) is 8.34. The zero-order chi connectivity index (χ0) is 18.4. The van der Waals surface area contributed by atoms with Crippen LogP contribution in [0.5, 0.6) is 0 Å². The molecule has 1 aliphatic heterocycles. The minimum atomic E-state index is -1.35. The summed E-state index contributed by atoms with van der Waals surface area (Å²) in [6.45, 7) is -0.204. The Morgan fingerprint density at radius 1 is 1.04 bits per heavy atom. The quantitative estimate of drug-likeness (QED) is 0.551. The van der Waals surface area contributed by atoms with Gasteiger partial charge < -0.3 is 14.2 Å². The summed E-state index contributed by atoms with van der Waals surface area (Å²) in [7, 11) is 0. The van der Waals surface area contributed by atoms with Crippen molar-refractivity contribution in [1.29, 1.82) is 0 Å². The largest absolute Gasteiger partial charge is 0.458 e. The average Bonchev–Trinajstić information content (AvgIpc) is 2.97. The van der Waals surface area contributed by atoms with Gasteiger partial charge in [0.25, 0.3) is 5.79 Å². The van der Waals surface area contributed by atoms with E-state index < -0.39 is 23.8 Å². The SMILES string of the molecule is O=C(CCl)OC[C@@]1(Cc2ccccc2)OC(=O)[C@@H](Cc2ccccc2)O1. The van der Waals surface area contributed by atoms with Crippen molar-refractivity contribution < 1.29 is 23.8 Å². The molecule has 0 aliphatic carbocycles. The normalized spacial score (nSPS) is 22.0. The van der Waals surface area contributed by atoms with Crippen molar-refractivity contribution in [2.24, 2.45) is 0 Å². The number of benzene rings is 2. The molecule has 0 bridgehead atoms. The molecule has 2 atom stereocenters. The van der Waals surface area contributed by atoms with Gasteiger partial charge in [-0.15, -0.1) is 11.6 Å². The Labute approximate surface area is 156 Å². The molecule has 2 aromatic rings. The molecule has 2 aromatic carbocycles. The summed E-state index contributed by atoms with van der Waals surface area (Å²) in [6, 6.07) is 19.0. The zero-order valence-corrected chi connectivity index (χ0v) is 14.9. The van der Waals surface area contributed by atoms with Crippen LogP contribution in [0.1, 0.15) is 11.1 Å².